The molecule has 0 bridgehead atoms. The first-order valence-corrected chi connectivity index (χ1v) is 7.48. The summed E-state index contributed by atoms with van der Waals surface area (Å²) in [5, 5.41) is 0. The summed E-state index contributed by atoms with van der Waals surface area (Å²) < 4.78 is 16.6. The van der Waals surface area contributed by atoms with E-state index < -0.39 is 6.48 Å². The molecule has 1 rings (SSSR count). The van der Waals surface area contributed by atoms with Crippen molar-refractivity contribution < 1.29 is 14.2 Å². The van der Waals surface area contributed by atoms with Crippen LogP contribution in [0.4, 0.5) is 0 Å². The number of hydrogen-bond donors (Lipinski definition) is 0. The zero-order valence-electron chi connectivity index (χ0n) is 14.7. The van der Waals surface area contributed by atoms with E-state index in [0.29, 0.717) is 6.61 Å². The van der Waals surface area contributed by atoms with Gasteiger partial charge in [-0.25, -0.2) is 0 Å². The number of hydrogen-bond acceptors (Lipinski definition) is 3. The van der Waals surface area contributed by atoms with Gasteiger partial charge in [-0.3, -0.25) is 0 Å². The highest BCUT2D eigenvalue weighted by atomic mass is 16.8. The Morgan fingerprint density at radius 3 is 2.14 bits per heavy atom. The normalized spacial score (nSPS) is 14.1. The third-order valence-corrected chi connectivity index (χ3v) is 3.18. The zero-order chi connectivity index (χ0) is 16.3. The van der Waals surface area contributed by atoms with Crippen LogP contribution in [0.2, 0.25) is 0 Å². The lowest BCUT2D eigenvalue weighted by Crippen LogP contribution is -2.27. The lowest BCUT2D eigenvalue weighted by Gasteiger charge is -2.32. The molecule has 0 aliphatic rings. The minimum absolute atomic E-state index is 0.00380. The molecule has 1 aromatic carbocycles. The van der Waals surface area contributed by atoms with Crippen molar-refractivity contribution in [1.29, 1.82) is 0 Å². The molecule has 21 heavy (non-hydrogen) atoms. The van der Waals surface area contributed by atoms with Gasteiger partial charge in [0.15, 0.2) is 0 Å². The van der Waals surface area contributed by atoms with Crippen LogP contribution in [0.25, 0.3) is 0 Å². The summed E-state index contributed by atoms with van der Waals surface area (Å²) in [7, 11) is 1.58. The molecule has 0 N–H and O–H groups in total. The van der Waals surface area contributed by atoms with Crippen LogP contribution < -0.4 is 4.74 Å². The van der Waals surface area contributed by atoms with Crippen molar-refractivity contribution >= 4 is 0 Å². The van der Waals surface area contributed by atoms with Crippen LogP contribution in [0.15, 0.2) is 12.1 Å². The van der Waals surface area contributed by atoms with Crippen LogP contribution in [0, 0.1) is 6.07 Å². The monoisotopic (exact) mass is 293 g/mol. The molecule has 1 unspecified atom stereocenters. The molecular formula is C18H29O3. The van der Waals surface area contributed by atoms with Gasteiger partial charge in [0.25, 0.3) is 0 Å². The molecule has 0 saturated carbocycles. The summed E-state index contributed by atoms with van der Waals surface area (Å²) in [5.74, 6) is 0.798. The van der Waals surface area contributed by atoms with Crippen molar-refractivity contribution in [2.75, 3.05) is 13.7 Å². The number of benzene rings is 1. The molecular weight excluding hydrogens is 264 g/mol. The molecule has 0 aliphatic heterocycles. The number of ether oxygens (including phenoxy) is 3. The van der Waals surface area contributed by atoms with Crippen molar-refractivity contribution in [3.63, 3.8) is 0 Å². The maximum absolute atomic E-state index is 5.93. The fraction of sp³-hybridized carbons (Fsp3) is 0.667. The summed E-state index contributed by atoms with van der Waals surface area (Å²) in [5.41, 5.74) is 2.26. The first-order valence-electron chi connectivity index (χ1n) is 7.48. The van der Waals surface area contributed by atoms with Crippen LogP contribution in [0.1, 0.15) is 59.6 Å². The second kappa shape index (κ2) is 6.80. The van der Waals surface area contributed by atoms with E-state index in [-0.39, 0.29) is 10.8 Å². The third-order valence-electron chi connectivity index (χ3n) is 3.18. The van der Waals surface area contributed by atoms with E-state index in [1.807, 2.05) is 19.1 Å². The molecule has 0 aromatic heterocycles. The molecule has 1 atom stereocenters. The number of methoxy groups -OCH3 is 1. The summed E-state index contributed by atoms with van der Waals surface area (Å²) in [4.78, 5) is 0. The van der Waals surface area contributed by atoms with Gasteiger partial charge in [-0.1, -0.05) is 47.6 Å². The standard InChI is InChI=1S/C18H29O3/c1-9-20-16(19-8)21-14-12-10-11-13(17(2,3)4)15(14)18(5,6)7/h10,12,16H,9H2,1-8H3. The molecule has 1 aromatic rings. The Hall–Kier alpha value is -1.06. The third kappa shape index (κ3) is 4.72. The molecule has 0 spiro atoms. The van der Waals surface area contributed by atoms with E-state index in [9.17, 15) is 0 Å². The van der Waals surface area contributed by atoms with Gasteiger partial charge in [0.05, 0.1) is 6.61 Å². The molecule has 119 valence electrons. The Balaban J connectivity index is 3.32. The fourth-order valence-corrected chi connectivity index (χ4v) is 2.30. The van der Waals surface area contributed by atoms with Crippen molar-refractivity contribution in [2.24, 2.45) is 0 Å². The Morgan fingerprint density at radius 2 is 1.71 bits per heavy atom. The van der Waals surface area contributed by atoms with Crippen molar-refractivity contribution in [3.05, 3.63) is 29.3 Å². The van der Waals surface area contributed by atoms with E-state index >= 15 is 0 Å². The predicted molar refractivity (Wildman–Crippen MR) is 85.7 cm³/mol. The molecule has 0 heterocycles. The summed E-state index contributed by atoms with van der Waals surface area (Å²) in [6.45, 7) is 14.9. The molecule has 3 heteroatoms. The van der Waals surface area contributed by atoms with E-state index in [1.54, 1.807) is 7.11 Å². The maximum atomic E-state index is 5.93. The predicted octanol–water partition coefficient (Wildman–Crippen LogP) is 4.43. The lowest BCUT2D eigenvalue weighted by atomic mass is 9.75. The van der Waals surface area contributed by atoms with E-state index in [0.717, 1.165) is 11.3 Å². The minimum Gasteiger partial charge on any atom is -0.441 e. The largest absolute Gasteiger partial charge is 0.441 e. The Kier molecular flexibility index (Phi) is 5.83. The van der Waals surface area contributed by atoms with Crippen molar-refractivity contribution in [1.82, 2.24) is 0 Å². The van der Waals surface area contributed by atoms with Gasteiger partial charge in [-0.15, -0.1) is 0 Å². The number of rotatable bonds is 5. The smallest absolute Gasteiger partial charge is 0.315 e. The Morgan fingerprint density at radius 1 is 1.10 bits per heavy atom. The van der Waals surface area contributed by atoms with Crippen LogP contribution in [0.5, 0.6) is 5.75 Å². The van der Waals surface area contributed by atoms with Crippen LogP contribution in [-0.2, 0) is 20.3 Å². The van der Waals surface area contributed by atoms with E-state index in [1.165, 1.54) is 5.56 Å². The SMILES string of the molecule is CCOC(OC)Oc1cc[c]c(C(C)(C)C)c1C(C)(C)C. The van der Waals surface area contributed by atoms with Gasteiger partial charge in [0, 0.05) is 12.7 Å². The van der Waals surface area contributed by atoms with Gasteiger partial charge in [-0.2, -0.15) is 0 Å². The quantitative estimate of drug-likeness (QED) is 0.752. The Labute approximate surface area is 129 Å². The highest BCUT2D eigenvalue weighted by molar-refractivity contribution is 5.47. The van der Waals surface area contributed by atoms with Crippen LogP contribution >= 0.6 is 0 Å². The first kappa shape index (κ1) is 18.0. The average molecular weight is 293 g/mol. The minimum atomic E-state index is -0.689. The van der Waals surface area contributed by atoms with E-state index in [4.69, 9.17) is 14.2 Å². The van der Waals surface area contributed by atoms with Crippen LogP contribution in [-0.4, -0.2) is 20.2 Å². The second-order valence-electron chi connectivity index (χ2n) is 7.19. The topological polar surface area (TPSA) is 27.7 Å². The van der Waals surface area contributed by atoms with Gasteiger partial charge in [-0.05, 0) is 35.4 Å². The molecule has 0 amide bonds. The first-order chi connectivity index (χ1) is 9.61. The summed E-state index contributed by atoms with van der Waals surface area (Å²) in [6.07, 6.45) is 0. The van der Waals surface area contributed by atoms with Crippen LogP contribution in [0.3, 0.4) is 0 Å². The molecule has 1 radical (unpaired) electrons. The van der Waals surface area contributed by atoms with Crippen molar-refractivity contribution in [3.8, 4) is 5.75 Å². The Bertz CT molecular complexity index is 453. The fourth-order valence-electron chi connectivity index (χ4n) is 2.30. The molecule has 0 fully saturated rings. The average Bonchev–Trinajstić information content (AvgIpc) is 2.35. The summed E-state index contributed by atoms with van der Waals surface area (Å²) >= 11 is 0. The lowest BCUT2D eigenvalue weighted by molar-refractivity contribution is -0.231. The zero-order valence-corrected chi connectivity index (χ0v) is 14.7. The molecule has 3 nitrogen and oxygen atoms in total. The van der Waals surface area contributed by atoms with Crippen molar-refractivity contribution in [2.45, 2.75) is 65.8 Å². The van der Waals surface area contributed by atoms with Gasteiger partial charge in [0.1, 0.15) is 5.75 Å². The second-order valence-corrected chi connectivity index (χ2v) is 7.19. The molecule has 0 saturated heterocycles. The highest BCUT2D eigenvalue weighted by Gasteiger charge is 2.29. The highest BCUT2D eigenvalue weighted by Crippen LogP contribution is 2.39. The van der Waals surface area contributed by atoms with Gasteiger partial charge < -0.3 is 14.2 Å². The van der Waals surface area contributed by atoms with Gasteiger partial charge in [0.2, 0.25) is 0 Å². The molecule has 0 aliphatic carbocycles. The van der Waals surface area contributed by atoms with E-state index in [2.05, 4.69) is 47.6 Å². The van der Waals surface area contributed by atoms with Gasteiger partial charge >= 0.3 is 6.48 Å². The summed E-state index contributed by atoms with van der Waals surface area (Å²) in [6, 6.07) is 7.22. The maximum Gasteiger partial charge on any atom is 0.315 e.